The summed E-state index contributed by atoms with van der Waals surface area (Å²) >= 11 is 11.9. The van der Waals surface area contributed by atoms with Gasteiger partial charge in [0.15, 0.2) is 0 Å². The van der Waals surface area contributed by atoms with Crippen molar-refractivity contribution < 1.29 is 4.79 Å². The van der Waals surface area contributed by atoms with Crippen molar-refractivity contribution in [3.05, 3.63) is 33.8 Å². The number of likely N-dealkylation sites (tertiary alicyclic amines) is 1. The fourth-order valence-electron chi connectivity index (χ4n) is 2.14. The molecule has 3 N–H and O–H groups in total. The van der Waals surface area contributed by atoms with Crippen LogP contribution in [-0.2, 0) is 6.54 Å². The summed E-state index contributed by atoms with van der Waals surface area (Å²) in [7, 11) is 0. The molecule has 1 aliphatic rings. The van der Waals surface area contributed by atoms with Gasteiger partial charge in [-0.15, -0.1) is 0 Å². The summed E-state index contributed by atoms with van der Waals surface area (Å²) in [5, 5.41) is 4.00. The van der Waals surface area contributed by atoms with Crippen LogP contribution >= 0.6 is 23.2 Å². The first kappa shape index (κ1) is 14.4. The van der Waals surface area contributed by atoms with Crippen LogP contribution in [0, 0.1) is 0 Å². The maximum Gasteiger partial charge on any atom is 0.317 e. The predicted molar refractivity (Wildman–Crippen MR) is 77.5 cm³/mol. The number of benzene rings is 1. The molecule has 0 aliphatic carbocycles. The van der Waals surface area contributed by atoms with E-state index in [4.69, 9.17) is 28.9 Å². The molecule has 104 valence electrons. The molecule has 4 nitrogen and oxygen atoms in total. The zero-order chi connectivity index (χ0) is 13.8. The van der Waals surface area contributed by atoms with Crippen LogP contribution < -0.4 is 11.1 Å². The second kappa shape index (κ2) is 6.46. The average molecular weight is 302 g/mol. The fraction of sp³-hybridized carbons (Fsp3) is 0.462. The molecule has 0 radical (unpaired) electrons. The number of rotatable bonds is 2. The standard InChI is InChI=1S/C13H17Cl2N3O/c14-10-4-3-9(12(15)6-10)7-17-13(19)18-5-1-2-11(16)8-18/h3-4,6,11H,1-2,5,7-8,16H2,(H,17,19)/t11-/m1/s1. The topological polar surface area (TPSA) is 58.4 Å². The Balaban J connectivity index is 1.89. The van der Waals surface area contributed by atoms with Crippen molar-refractivity contribution in [1.29, 1.82) is 0 Å². The van der Waals surface area contributed by atoms with E-state index < -0.39 is 0 Å². The van der Waals surface area contributed by atoms with Crippen LogP contribution in [0.5, 0.6) is 0 Å². The van der Waals surface area contributed by atoms with Gasteiger partial charge >= 0.3 is 6.03 Å². The summed E-state index contributed by atoms with van der Waals surface area (Å²) in [6.45, 7) is 1.76. The average Bonchev–Trinajstić information content (AvgIpc) is 2.37. The van der Waals surface area contributed by atoms with E-state index in [2.05, 4.69) is 5.32 Å². The number of carbonyl (C=O) groups is 1. The van der Waals surface area contributed by atoms with E-state index in [0.717, 1.165) is 24.9 Å². The number of amides is 2. The van der Waals surface area contributed by atoms with Gasteiger partial charge in [0.2, 0.25) is 0 Å². The molecule has 0 unspecified atom stereocenters. The highest BCUT2D eigenvalue weighted by Crippen LogP contribution is 2.20. The smallest absolute Gasteiger partial charge is 0.317 e. The highest BCUT2D eigenvalue weighted by Gasteiger charge is 2.20. The van der Waals surface area contributed by atoms with E-state index in [-0.39, 0.29) is 12.1 Å². The van der Waals surface area contributed by atoms with E-state index in [1.807, 2.05) is 6.07 Å². The SMILES string of the molecule is N[C@@H]1CCCN(C(=O)NCc2ccc(Cl)cc2Cl)C1. The molecular weight excluding hydrogens is 285 g/mol. The molecule has 1 aromatic rings. The first-order valence-electron chi connectivity index (χ1n) is 6.28. The molecule has 1 saturated heterocycles. The van der Waals surface area contributed by atoms with Crippen LogP contribution in [0.3, 0.4) is 0 Å². The van der Waals surface area contributed by atoms with Gasteiger partial charge in [0.1, 0.15) is 0 Å². The monoisotopic (exact) mass is 301 g/mol. The molecule has 1 heterocycles. The third-order valence-corrected chi connectivity index (χ3v) is 3.78. The first-order valence-corrected chi connectivity index (χ1v) is 7.04. The van der Waals surface area contributed by atoms with Crippen LogP contribution in [-0.4, -0.2) is 30.1 Å². The van der Waals surface area contributed by atoms with Gasteiger partial charge in [-0.05, 0) is 30.5 Å². The number of hydrogen-bond donors (Lipinski definition) is 2. The second-order valence-corrected chi connectivity index (χ2v) is 5.59. The van der Waals surface area contributed by atoms with Crippen LogP contribution in [0.15, 0.2) is 18.2 Å². The van der Waals surface area contributed by atoms with E-state index in [0.29, 0.717) is 23.1 Å². The van der Waals surface area contributed by atoms with Gasteiger partial charge in [0.05, 0.1) is 0 Å². The number of nitrogens with two attached hydrogens (primary N) is 1. The normalized spacial score (nSPS) is 19.3. The van der Waals surface area contributed by atoms with Gasteiger partial charge in [-0.1, -0.05) is 29.3 Å². The first-order chi connectivity index (χ1) is 9.06. The molecular formula is C13H17Cl2N3O. The van der Waals surface area contributed by atoms with Crippen molar-refractivity contribution in [2.75, 3.05) is 13.1 Å². The Labute approximate surface area is 122 Å². The maximum atomic E-state index is 12.0. The fourth-order valence-corrected chi connectivity index (χ4v) is 2.62. The van der Waals surface area contributed by atoms with Crippen molar-refractivity contribution in [1.82, 2.24) is 10.2 Å². The molecule has 2 rings (SSSR count). The zero-order valence-corrected chi connectivity index (χ0v) is 12.0. The number of piperidine rings is 1. The lowest BCUT2D eigenvalue weighted by atomic mass is 10.1. The molecule has 6 heteroatoms. The molecule has 0 aromatic heterocycles. The summed E-state index contributed by atoms with van der Waals surface area (Å²) in [4.78, 5) is 13.7. The summed E-state index contributed by atoms with van der Waals surface area (Å²) in [6, 6.07) is 5.22. The highest BCUT2D eigenvalue weighted by atomic mass is 35.5. The number of nitrogens with zero attached hydrogens (tertiary/aromatic N) is 1. The van der Waals surface area contributed by atoms with Crippen LogP contribution in [0.1, 0.15) is 18.4 Å². The van der Waals surface area contributed by atoms with E-state index in [1.54, 1.807) is 17.0 Å². The van der Waals surface area contributed by atoms with Crippen LogP contribution in [0.4, 0.5) is 4.79 Å². The third-order valence-electron chi connectivity index (χ3n) is 3.19. The van der Waals surface area contributed by atoms with E-state index in [1.165, 1.54) is 0 Å². The third kappa shape index (κ3) is 4.00. The van der Waals surface area contributed by atoms with Crippen molar-refractivity contribution in [3.8, 4) is 0 Å². The molecule has 1 aromatic carbocycles. The number of halogens is 2. The summed E-state index contributed by atoms with van der Waals surface area (Å²) < 4.78 is 0. The van der Waals surface area contributed by atoms with Crippen molar-refractivity contribution in [2.45, 2.75) is 25.4 Å². The molecule has 0 bridgehead atoms. The summed E-state index contributed by atoms with van der Waals surface area (Å²) in [5.74, 6) is 0. The second-order valence-electron chi connectivity index (χ2n) is 4.74. The number of hydrogen-bond acceptors (Lipinski definition) is 2. The highest BCUT2D eigenvalue weighted by molar-refractivity contribution is 6.35. The molecule has 1 atom stereocenters. The Morgan fingerprint density at radius 1 is 1.47 bits per heavy atom. The van der Waals surface area contributed by atoms with Gasteiger partial charge in [-0.25, -0.2) is 4.79 Å². The van der Waals surface area contributed by atoms with E-state index >= 15 is 0 Å². The quantitative estimate of drug-likeness (QED) is 0.882. The minimum absolute atomic E-state index is 0.0821. The molecule has 0 saturated carbocycles. The van der Waals surface area contributed by atoms with E-state index in [9.17, 15) is 4.79 Å². The molecule has 2 amide bonds. The summed E-state index contributed by atoms with van der Waals surface area (Å²) in [6.07, 6.45) is 1.93. The Kier molecular flexibility index (Phi) is 4.91. The van der Waals surface area contributed by atoms with Gasteiger partial charge < -0.3 is 16.0 Å². The minimum atomic E-state index is -0.0961. The maximum absolute atomic E-state index is 12.0. The number of nitrogens with one attached hydrogen (secondary N) is 1. The molecule has 1 aliphatic heterocycles. The molecule has 1 fully saturated rings. The number of urea groups is 1. The van der Waals surface area contributed by atoms with Gasteiger partial charge in [0, 0.05) is 35.7 Å². The van der Waals surface area contributed by atoms with Crippen molar-refractivity contribution in [2.24, 2.45) is 5.73 Å². The zero-order valence-electron chi connectivity index (χ0n) is 10.5. The van der Waals surface area contributed by atoms with Crippen molar-refractivity contribution >= 4 is 29.2 Å². The predicted octanol–water partition coefficient (Wildman–Crippen LogP) is 2.63. The Morgan fingerprint density at radius 3 is 2.95 bits per heavy atom. The lowest BCUT2D eigenvalue weighted by Gasteiger charge is -2.30. The Hall–Kier alpha value is -0.970. The van der Waals surface area contributed by atoms with Gasteiger partial charge in [0.25, 0.3) is 0 Å². The van der Waals surface area contributed by atoms with Crippen molar-refractivity contribution in [3.63, 3.8) is 0 Å². The lowest BCUT2D eigenvalue weighted by Crippen LogP contribution is -2.49. The minimum Gasteiger partial charge on any atom is -0.334 e. The Morgan fingerprint density at radius 2 is 2.26 bits per heavy atom. The molecule has 0 spiro atoms. The lowest BCUT2D eigenvalue weighted by molar-refractivity contribution is 0.179. The number of carbonyl (C=O) groups excluding carboxylic acids is 1. The largest absolute Gasteiger partial charge is 0.334 e. The van der Waals surface area contributed by atoms with Gasteiger partial charge in [-0.2, -0.15) is 0 Å². The van der Waals surface area contributed by atoms with Gasteiger partial charge in [-0.3, -0.25) is 0 Å². The Bertz CT molecular complexity index is 467. The summed E-state index contributed by atoms with van der Waals surface area (Å²) in [5.41, 5.74) is 6.70. The van der Waals surface area contributed by atoms with Crippen LogP contribution in [0.2, 0.25) is 10.0 Å². The molecule has 19 heavy (non-hydrogen) atoms. The van der Waals surface area contributed by atoms with Crippen LogP contribution in [0.25, 0.3) is 0 Å².